The Morgan fingerprint density at radius 3 is 1.38 bits per heavy atom. The zero-order valence-electron chi connectivity index (χ0n) is 15.3. The van der Waals surface area contributed by atoms with Crippen LogP contribution in [0.15, 0.2) is 104 Å². The highest BCUT2D eigenvalue weighted by Crippen LogP contribution is 2.28. The second-order valence-electron chi connectivity index (χ2n) is 6.83. The first-order valence-electron chi connectivity index (χ1n) is 9.16. The highest BCUT2D eigenvalue weighted by atomic mass is 28.3. The lowest BCUT2D eigenvalue weighted by molar-refractivity contribution is 0.185. The van der Waals surface area contributed by atoms with Crippen molar-refractivity contribution in [3.8, 4) is 0 Å². The van der Waals surface area contributed by atoms with Gasteiger partial charge in [-0.1, -0.05) is 97.1 Å². The molecule has 0 spiro atoms. The maximum atomic E-state index is 10.2. The van der Waals surface area contributed by atoms with Crippen LogP contribution >= 0.6 is 0 Å². The smallest absolute Gasteiger partial charge is 0.154 e. The van der Waals surface area contributed by atoms with Crippen molar-refractivity contribution >= 4 is 23.6 Å². The van der Waals surface area contributed by atoms with E-state index in [1.807, 2.05) is 6.92 Å². The van der Waals surface area contributed by atoms with Gasteiger partial charge >= 0.3 is 0 Å². The van der Waals surface area contributed by atoms with Crippen molar-refractivity contribution in [2.45, 2.75) is 25.0 Å². The number of rotatable bonds is 7. The summed E-state index contributed by atoms with van der Waals surface area (Å²) in [7, 11) is -2.39. The van der Waals surface area contributed by atoms with Crippen molar-refractivity contribution in [3.05, 3.63) is 104 Å². The van der Waals surface area contributed by atoms with Gasteiger partial charge in [0.05, 0.1) is 6.10 Å². The fourth-order valence-corrected chi connectivity index (χ4v) is 9.55. The van der Waals surface area contributed by atoms with E-state index in [2.05, 4.69) is 104 Å². The molecule has 2 heteroatoms. The van der Waals surface area contributed by atoms with Crippen molar-refractivity contribution in [3.63, 3.8) is 0 Å². The molecule has 3 aromatic rings. The molecule has 26 heavy (non-hydrogen) atoms. The Labute approximate surface area is 157 Å². The molecule has 0 aliphatic rings. The SMILES string of the molecule is C=CC(CC(C)O)[Si](c1ccccc1)(c1ccccc1)c1ccccc1. The molecule has 0 aliphatic heterocycles. The summed E-state index contributed by atoms with van der Waals surface area (Å²) in [6.45, 7) is 6.05. The summed E-state index contributed by atoms with van der Waals surface area (Å²) in [6, 6.07) is 32.3. The Morgan fingerprint density at radius 1 is 0.769 bits per heavy atom. The van der Waals surface area contributed by atoms with Gasteiger partial charge in [0.2, 0.25) is 0 Å². The van der Waals surface area contributed by atoms with Gasteiger partial charge in [0, 0.05) is 0 Å². The molecule has 1 N–H and O–H groups in total. The maximum Gasteiger partial charge on any atom is 0.154 e. The third-order valence-electron chi connectivity index (χ3n) is 5.12. The topological polar surface area (TPSA) is 20.2 Å². The molecule has 0 amide bonds. The van der Waals surface area contributed by atoms with Gasteiger partial charge in [0.1, 0.15) is 0 Å². The van der Waals surface area contributed by atoms with E-state index in [9.17, 15) is 5.11 Å². The zero-order chi connectivity index (χ0) is 18.4. The summed E-state index contributed by atoms with van der Waals surface area (Å²) < 4.78 is 0. The number of aliphatic hydroxyl groups is 1. The molecule has 0 bridgehead atoms. The summed E-state index contributed by atoms with van der Waals surface area (Å²) in [4.78, 5) is 0. The molecule has 132 valence electrons. The van der Waals surface area contributed by atoms with Gasteiger partial charge in [-0.05, 0) is 34.4 Å². The molecule has 0 saturated heterocycles. The summed E-state index contributed by atoms with van der Waals surface area (Å²) in [5, 5.41) is 14.3. The van der Waals surface area contributed by atoms with Crippen LogP contribution in [0.25, 0.3) is 0 Å². The second kappa shape index (κ2) is 8.30. The van der Waals surface area contributed by atoms with Gasteiger partial charge in [0.25, 0.3) is 0 Å². The highest BCUT2D eigenvalue weighted by molar-refractivity contribution is 7.12. The van der Waals surface area contributed by atoms with E-state index in [4.69, 9.17) is 0 Å². The Morgan fingerprint density at radius 2 is 1.12 bits per heavy atom. The second-order valence-corrected chi connectivity index (χ2v) is 10.9. The van der Waals surface area contributed by atoms with E-state index in [0.29, 0.717) is 6.42 Å². The fraction of sp³-hybridized carbons (Fsp3) is 0.167. The quantitative estimate of drug-likeness (QED) is 0.389. The monoisotopic (exact) mass is 358 g/mol. The summed E-state index contributed by atoms with van der Waals surface area (Å²) in [6.07, 6.45) is 2.39. The average molecular weight is 359 g/mol. The summed E-state index contributed by atoms with van der Waals surface area (Å²) >= 11 is 0. The van der Waals surface area contributed by atoms with Crippen molar-refractivity contribution in [2.75, 3.05) is 0 Å². The predicted molar refractivity (Wildman–Crippen MR) is 114 cm³/mol. The molecule has 0 radical (unpaired) electrons. The van der Waals surface area contributed by atoms with Crippen LogP contribution in [0.5, 0.6) is 0 Å². The normalized spacial score (nSPS) is 13.8. The largest absolute Gasteiger partial charge is 0.393 e. The number of hydrogen-bond acceptors (Lipinski definition) is 1. The Hall–Kier alpha value is -2.42. The molecular formula is C24H26OSi. The van der Waals surface area contributed by atoms with Crippen molar-refractivity contribution < 1.29 is 5.11 Å². The van der Waals surface area contributed by atoms with E-state index < -0.39 is 8.07 Å². The van der Waals surface area contributed by atoms with Crippen LogP contribution in [-0.4, -0.2) is 19.3 Å². The number of hydrogen-bond donors (Lipinski definition) is 1. The Kier molecular flexibility index (Phi) is 5.87. The van der Waals surface area contributed by atoms with Crippen LogP contribution in [0.4, 0.5) is 0 Å². The number of allylic oxidation sites excluding steroid dienone is 1. The van der Waals surface area contributed by atoms with Gasteiger partial charge in [-0.25, -0.2) is 0 Å². The first-order chi connectivity index (χ1) is 12.7. The Bertz CT molecular complexity index is 716. The molecule has 1 nitrogen and oxygen atoms in total. The number of aliphatic hydroxyl groups excluding tert-OH is 1. The Balaban J connectivity index is 2.36. The summed E-state index contributed by atoms with van der Waals surface area (Å²) in [5.41, 5.74) is 0.190. The van der Waals surface area contributed by atoms with Gasteiger partial charge in [-0.2, -0.15) is 0 Å². The molecule has 2 atom stereocenters. The van der Waals surface area contributed by atoms with E-state index >= 15 is 0 Å². The summed E-state index contributed by atoms with van der Waals surface area (Å²) in [5.74, 6) is 0. The molecule has 0 fully saturated rings. The molecular weight excluding hydrogens is 332 g/mol. The van der Waals surface area contributed by atoms with Crippen LogP contribution < -0.4 is 15.6 Å². The predicted octanol–water partition coefficient (Wildman–Crippen LogP) is 3.48. The fourth-order valence-electron chi connectivity index (χ4n) is 4.06. The lowest BCUT2D eigenvalue weighted by Gasteiger charge is -2.40. The molecule has 2 unspecified atom stereocenters. The first-order valence-corrected chi connectivity index (χ1v) is 11.2. The van der Waals surface area contributed by atoms with Crippen molar-refractivity contribution in [2.24, 2.45) is 0 Å². The van der Waals surface area contributed by atoms with E-state index in [0.717, 1.165) is 0 Å². The standard InChI is InChI=1S/C24H26OSi/c1-3-21(19-20(2)25)26(22-13-7-4-8-14-22,23-15-9-5-10-16-23)24-17-11-6-12-18-24/h3-18,20-21,25H,1,19H2,2H3. The van der Waals surface area contributed by atoms with Crippen molar-refractivity contribution in [1.82, 2.24) is 0 Å². The molecule has 3 aromatic carbocycles. The number of benzene rings is 3. The van der Waals surface area contributed by atoms with Crippen LogP contribution in [-0.2, 0) is 0 Å². The van der Waals surface area contributed by atoms with Crippen molar-refractivity contribution in [1.29, 1.82) is 0 Å². The van der Waals surface area contributed by atoms with E-state index in [-0.39, 0.29) is 11.6 Å². The lowest BCUT2D eigenvalue weighted by atomic mass is 10.2. The molecule has 0 aromatic heterocycles. The molecule has 0 aliphatic carbocycles. The lowest BCUT2D eigenvalue weighted by Crippen LogP contribution is -2.69. The van der Waals surface area contributed by atoms with Gasteiger partial charge in [0.15, 0.2) is 8.07 Å². The zero-order valence-corrected chi connectivity index (χ0v) is 16.3. The minimum absolute atomic E-state index is 0.190. The third kappa shape index (κ3) is 3.43. The van der Waals surface area contributed by atoms with Crippen LogP contribution in [0, 0.1) is 0 Å². The highest BCUT2D eigenvalue weighted by Gasteiger charge is 2.45. The maximum absolute atomic E-state index is 10.2. The van der Waals surface area contributed by atoms with Crippen LogP contribution in [0.2, 0.25) is 5.54 Å². The minimum atomic E-state index is -2.39. The van der Waals surface area contributed by atoms with Gasteiger partial charge in [-0.3, -0.25) is 0 Å². The van der Waals surface area contributed by atoms with Gasteiger partial charge < -0.3 is 5.11 Å². The average Bonchev–Trinajstić information content (AvgIpc) is 2.70. The van der Waals surface area contributed by atoms with Crippen LogP contribution in [0.3, 0.4) is 0 Å². The molecule has 0 heterocycles. The third-order valence-corrected chi connectivity index (χ3v) is 10.4. The van der Waals surface area contributed by atoms with Crippen LogP contribution in [0.1, 0.15) is 13.3 Å². The van der Waals surface area contributed by atoms with Gasteiger partial charge in [-0.15, -0.1) is 6.58 Å². The molecule has 0 saturated carbocycles. The molecule has 3 rings (SSSR count). The van der Waals surface area contributed by atoms with E-state index in [1.54, 1.807) is 0 Å². The first kappa shape index (κ1) is 18.4. The van der Waals surface area contributed by atoms with E-state index in [1.165, 1.54) is 15.6 Å². The minimum Gasteiger partial charge on any atom is -0.393 e.